The Labute approximate surface area is 51.7 Å². The van der Waals surface area contributed by atoms with Crippen LogP contribution in [0.1, 0.15) is 4.88 Å². The van der Waals surface area contributed by atoms with Crippen molar-refractivity contribution in [2.24, 2.45) is 0 Å². The van der Waals surface area contributed by atoms with Crippen molar-refractivity contribution in [1.82, 2.24) is 0 Å². The van der Waals surface area contributed by atoms with Gasteiger partial charge in [-0.2, -0.15) is 0 Å². The van der Waals surface area contributed by atoms with Crippen LogP contribution in [0.25, 0.3) is 5.53 Å². The van der Waals surface area contributed by atoms with E-state index in [4.69, 9.17) is 5.53 Å². The average molecular weight is 126 g/mol. The lowest BCUT2D eigenvalue weighted by Gasteiger charge is -1.80. The third-order valence-corrected chi connectivity index (χ3v) is 1.71. The van der Waals surface area contributed by atoms with Crippen molar-refractivity contribution < 1.29 is 5.11 Å². The van der Waals surface area contributed by atoms with Crippen LogP contribution >= 0.6 is 11.3 Å². The Morgan fingerprint density at radius 1 is 1.75 bits per heavy atom. The molecule has 1 aromatic heterocycles. The van der Waals surface area contributed by atoms with E-state index < -0.39 is 0 Å². The molecule has 42 valence electrons. The van der Waals surface area contributed by atoms with E-state index in [0.717, 1.165) is 4.88 Å². The molecule has 0 radical (unpaired) electrons. The molecule has 0 aliphatic carbocycles. The number of hydrogen-bond acceptors (Lipinski definition) is 1. The van der Waals surface area contributed by atoms with E-state index in [2.05, 4.69) is 5.11 Å². The number of hydrogen-bond donors (Lipinski definition) is 1. The van der Waals surface area contributed by atoms with Gasteiger partial charge in [-0.25, -0.2) is 0 Å². The molecular weight excluding hydrogens is 120 g/mol. The van der Waals surface area contributed by atoms with Crippen molar-refractivity contribution in [3.8, 4) is 0 Å². The normalized spacial score (nSPS) is 9.00. The predicted octanol–water partition coefficient (Wildman–Crippen LogP) is 0.350. The zero-order chi connectivity index (χ0) is 5.82. The van der Waals surface area contributed by atoms with Gasteiger partial charge in [0.2, 0.25) is 0 Å². The summed E-state index contributed by atoms with van der Waals surface area (Å²) in [5.74, 6) is 0. The lowest BCUT2D eigenvalue weighted by molar-refractivity contribution is -0.497. The fourth-order valence-corrected chi connectivity index (χ4v) is 1.13. The van der Waals surface area contributed by atoms with Crippen LogP contribution < -0.4 is 5.11 Å². The second kappa shape index (κ2) is 2.57. The van der Waals surface area contributed by atoms with Gasteiger partial charge in [0.1, 0.15) is 0 Å². The van der Waals surface area contributed by atoms with E-state index >= 15 is 0 Å². The molecule has 0 spiro atoms. The zero-order valence-electron chi connectivity index (χ0n) is 4.29. The molecule has 0 aliphatic heterocycles. The first-order chi connectivity index (χ1) is 3.93. The van der Waals surface area contributed by atoms with Crippen molar-refractivity contribution in [2.45, 2.75) is 6.54 Å². The topological polar surface area (TPSA) is 36.3 Å². The van der Waals surface area contributed by atoms with Crippen molar-refractivity contribution in [3.05, 3.63) is 27.9 Å². The maximum Gasteiger partial charge on any atom is 0.164 e. The minimum Gasteiger partial charge on any atom is -0.508 e. The summed E-state index contributed by atoms with van der Waals surface area (Å²) in [5, 5.41) is 4.06. The van der Waals surface area contributed by atoms with Gasteiger partial charge in [0, 0.05) is 0 Å². The number of thiophene rings is 1. The van der Waals surface area contributed by atoms with Gasteiger partial charge in [-0.05, 0) is 11.4 Å². The minimum atomic E-state index is 0.553. The minimum absolute atomic E-state index is 0.553. The lowest BCUT2D eigenvalue weighted by atomic mass is 10.5. The van der Waals surface area contributed by atoms with Gasteiger partial charge in [-0.15, -0.1) is 11.3 Å². The summed E-state index contributed by atoms with van der Waals surface area (Å²) < 4.78 is 0. The summed E-state index contributed by atoms with van der Waals surface area (Å²) >= 11 is 1.62. The number of nitrogens with one attached hydrogen (secondary N) is 1. The highest BCUT2D eigenvalue weighted by Gasteiger charge is 1.88. The van der Waals surface area contributed by atoms with Gasteiger partial charge < -0.3 is 10.6 Å². The van der Waals surface area contributed by atoms with Crippen LogP contribution in [-0.4, -0.2) is 0 Å². The Balaban J connectivity index is 2.62. The molecular formula is C5H6N2S. The standard InChI is InChI=1S/C5H6N2S/c6-7-4-5-2-1-3-8-5/h1-3,7H,4H2. The smallest absolute Gasteiger partial charge is 0.164 e. The summed E-state index contributed by atoms with van der Waals surface area (Å²) in [7, 11) is 0. The molecule has 0 fully saturated rings. The summed E-state index contributed by atoms with van der Waals surface area (Å²) in [6.07, 6.45) is 0. The second-order valence-corrected chi connectivity index (χ2v) is 2.45. The van der Waals surface area contributed by atoms with Gasteiger partial charge in [0.05, 0.1) is 4.88 Å². The molecule has 0 atom stereocenters. The molecule has 8 heavy (non-hydrogen) atoms. The van der Waals surface area contributed by atoms with Gasteiger partial charge in [0.15, 0.2) is 6.54 Å². The molecule has 0 saturated carbocycles. The Morgan fingerprint density at radius 2 is 2.62 bits per heavy atom. The van der Waals surface area contributed by atoms with Crippen LogP contribution in [0.5, 0.6) is 0 Å². The predicted molar refractivity (Wildman–Crippen MR) is 32.3 cm³/mol. The molecule has 1 rings (SSSR count). The lowest BCUT2D eigenvalue weighted by Crippen LogP contribution is -2.60. The Kier molecular flexibility index (Phi) is 1.75. The van der Waals surface area contributed by atoms with E-state index in [9.17, 15) is 0 Å². The van der Waals surface area contributed by atoms with Crippen molar-refractivity contribution in [1.29, 1.82) is 0 Å². The molecule has 0 aromatic carbocycles. The SMILES string of the molecule is [N-]=[NH+]Cc1cccs1. The molecule has 1 N–H and O–H groups in total. The van der Waals surface area contributed by atoms with Crippen LogP contribution in [-0.2, 0) is 6.54 Å². The Hall–Kier alpha value is -0.700. The Morgan fingerprint density at radius 3 is 3.12 bits per heavy atom. The first-order valence-electron chi connectivity index (χ1n) is 2.33. The summed E-state index contributed by atoms with van der Waals surface area (Å²) in [6, 6.07) is 3.92. The summed E-state index contributed by atoms with van der Waals surface area (Å²) in [4.78, 5) is 1.15. The van der Waals surface area contributed by atoms with E-state index in [1.165, 1.54) is 0 Å². The maximum atomic E-state index is 8.19. The molecule has 0 unspecified atom stereocenters. The second-order valence-electron chi connectivity index (χ2n) is 1.41. The van der Waals surface area contributed by atoms with Gasteiger partial charge in [-0.1, -0.05) is 6.07 Å². The van der Waals surface area contributed by atoms with E-state index in [-0.39, 0.29) is 0 Å². The highest BCUT2D eigenvalue weighted by Crippen LogP contribution is 2.04. The molecule has 0 bridgehead atoms. The van der Waals surface area contributed by atoms with Crippen molar-refractivity contribution >= 4 is 11.3 Å². The first kappa shape index (κ1) is 5.44. The van der Waals surface area contributed by atoms with Gasteiger partial charge in [0.25, 0.3) is 0 Å². The highest BCUT2D eigenvalue weighted by atomic mass is 32.1. The largest absolute Gasteiger partial charge is 0.508 e. The first-order valence-corrected chi connectivity index (χ1v) is 3.21. The van der Waals surface area contributed by atoms with Gasteiger partial charge >= 0.3 is 0 Å². The third-order valence-electron chi connectivity index (χ3n) is 0.833. The third kappa shape index (κ3) is 1.13. The van der Waals surface area contributed by atoms with Crippen LogP contribution in [0.15, 0.2) is 17.5 Å². The van der Waals surface area contributed by atoms with Crippen molar-refractivity contribution in [2.75, 3.05) is 0 Å². The fraction of sp³-hybridized carbons (Fsp3) is 0.200. The maximum absolute atomic E-state index is 8.19. The van der Waals surface area contributed by atoms with E-state index in [1.807, 2.05) is 17.5 Å². The average Bonchev–Trinajstić information content (AvgIpc) is 2.19. The molecule has 1 heterocycles. The van der Waals surface area contributed by atoms with Crippen LogP contribution in [0.4, 0.5) is 0 Å². The zero-order valence-corrected chi connectivity index (χ0v) is 5.11. The summed E-state index contributed by atoms with van der Waals surface area (Å²) in [6.45, 7) is 0.553. The molecule has 3 heteroatoms. The molecule has 1 aromatic rings. The van der Waals surface area contributed by atoms with Crippen LogP contribution in [0.2, 0.25) is 0 Å². The van der Waals surface area contributed by atoms with E-state index in [1.54, 1.807) is 11.3 Å². The Bertz CT molecular complexity index is 157. The molecule has 0 aliphatic rings. The van der Waals surface area contributed by atoms with Crippen molar-refractivity contribution in [3.63, 3.8) is 0 Å². The molecule has 2 nitrogen and oxygen atoms in total. The monoisotopic (exact) mass is 126 g/mol. The van der Waals surface area contributed by atoms with Gasteiger partial charge in [-0.3, -0.25) is 0 Å². The van der Waals surface area contributed by atoms with Crippen LogP contribution in [0.3, 0.4) is 0 Å². The fourth-order valence-electron chi connectivity index (χ4n) is 0.491. The van der Waals surface area contributed by atoms with E-state index in [0.29, 0.717) is 6.54 Å². The highest BCUT2D eigenvalue weighted by molar-refractivity contribution is 7.09. The number of rotatable bonds is 2. The molecule has 0 amide bonds. The summed E-state index contributed by atoms with van der Waals surface area (Å²) in [5.41, 5.74) is 8.19. The molecule has 0 saturated heterocycles. The van der Waals surface area contributed by atoms with Crippen LogP contribution in [0, 0.1) is 0 Å². The quantitative estimate of drug-likeness (QED) is 0.555. The number of nitrogens with zero attached hydrogens (tertiary/aromatic N) is 1.